The molecule has 3 aromatic carbocycles. The van der Waals surface area contributed by atoms with Gasteiger partial charge in [0.1, 0.15) is 11.3 Å². The van der Waals surface area contributed by atoms with Crippen LogP contribution in [-0.4, -0.2) is 13.0 Å². The number of halogens is 2. The summed E-state index contributed by atoms with van der Waals surface area (Å²) in [7, 11) is 1.50. The Morgan fingerprint density at radius 2 is 1.87 bits per heavy atom. The Kier molecular flexibility index (Phi) is 5.61. The van der Waals surface area contributed by atoms with Gasteiger partial charge in [0.2, 0.25) is 0 Å². The molecule has 4 rings (SSSR count). The van der Waals surface area contributed by atoms with Gasteiger partial charge in [-0.25, -0.2) is 4.79 Å². The maximum Gasteiger partial charge on any atom is 0.344 e. The number of amides is 1. The van der Waals surface area contributed by atoms with Crippen LogP contribution in [0.3, 0.4) is 0 Å². The van der Waals surface area contributed by atoms with E-state index in [0.29, 0.717) is 38.7 Å². The zero-order valence-electron chi connectivity index (χ0n) is 15.7. The first-order valence-corrected chi connectivity index (χ1v) is 10.1. The van der Waals surface area contributed by atoms with E-state index in [4.69, 9.17) is 20.8 Å². The molecule has 0 saturated carbocycles. The Labute approximate surface area is 185 Å². The van der Waals surface area contributed by atoms with Gasteiger partial charge < -0.3 is 14.5 Å². The number of hydrogen-bond acceptors (Lipinski definition) is 4. The highest BCUT2D eigenvalue weighted by molar-refractivity contribution is 9.10. The molecule has 1 aromatic heterocycles. The number of carbonyl (C=O) groups excluding carboxylic acids is 1. The highest BCUT2D eigenvalue weighted by Gasteiger charge is 2.16. The molecule has 1 amide bonds. The summed E-state index contributed by atoms with van der Waals surface area (Å²) < 4.78 is 11.5. The predicted molar refractivity (Wildman–Crippen MR) is 122 cm³/mol. The predicted octanol–water partition coefficient (Wildman–Crippen LogP) is 6.14. The van der Waals surface area contributed by atoms with E-state index in [1.165, 1.54) is 7.11 Å². The van der Waals surface area contributed by atoms with Gasteiger partial charge in [-0.15, -0.1) is 0 Å². The lowest BCUT2D eigenvalue weighted by Gasteiger charge is -2.13. The molecule has 5 nitrogen and oxygen atoms in total. The van der Waals surface area contributed by atoms with Crippen LogP contribution < -0.4 is 15.7 Å². The largest absolute Gasteiger partial charge is 0.495 e. The molecule has 0 saturated heterocycles. The molecule has 1 heterocycles. The Bertz CT molecular complexity index is 1330. The van der Waals surface area contributed by atoms with E-state index in [1.54, 1.807) is 54.6 Å². The van der Waals surface area contributed by atoms with Crippen molar-refractivity contribution >= 4 is 50.1 Å². The topological polar surface area (TPSA) is 68.5 Å². The number of para-hydroxylation sites is 1. The van der Waals surface area contributed by atoms with Crippen LogP contribution >= 0.6 is 27.5 Å². The number of hydrogen-bond donors (Lipinski definition) is 1. The minimum absolute atomic E-state index is 0.309. The number of benzene rings is 3. The van der Waals surface area contributed by atoms with E-state index in [2.05, 4.69) is 21.2 Å². The molecule has 0 atom stereocenters. The van der Waals surface area contributed by atoms with E-state index in [0.717, 1.165) is 9.86 Å². The zero-order chi connectivity index (χ0) is 21.3. The summed E-state index contributed by atoms with van der Waals surface area (Å²) in [5, 5.41) is 3.93. The summed E-state index contributed by atoms with van der Waals surface area (Å²) >= 11 is 9.51. The Morgan fingerprint density at radius 1 is 1.07 bits per heavy atom. The maximum atomic E-state index is 12.8. The van der Waals surface area contributed by atoms with Crippen LogP contribution in [0, 0.1) is 0 Å². The van der Waals surface area contributed by atoms with E-state index >= 15 is 0 Å². The van der Waals surface area contributed by atoms with Crippen molar-refractivity contribution in [3.63, 3.8) is 0 Å². The van der Waals surface area contributed by atoms with Crippen molar-refractivity contribution in [2.45, 2.75) is 0 Å². The molecule has 0 aliphatic carbocycles. The molecule has 0 fully saturated rings. The van der Waals surface area contributed by atoms with Crippen molar-refractivity contribution in [2.24, 2.45) is 0 Å². The maximum absolute atomic E-state index is 12.8. The molecular formula is C23H15BrClNO4. The van der Waals surface area contributed by atoms with Gasteiger partial charge in [0, 0.05) is 9.86 Å². The second kappa shape index (κ2) is 8.34. The zero-order valence-corrected chi connectivity index (χ0v) is 18.1. The summed E-state index contributed by atoms with van der Waals surface area (Å²) in [5.41, 5.74) is 1.73. The molecule has 0 aliphatic rings. The van der Waals surface area contributed by atoms with Gasteiger partial charge in [-0.3, -0.25) is 4.79 Å². The number of methoxy groups -OCH3 is 1. The fourth-order valence-electron chi connectivity index (χ4n) is 3.10. The number of fused-ring (bicyclic) bond motifs is 1. The van der Waals surface area contributed by atoms with Crippen molar-refractivity contribution in [2.75, 3.05) is 12.4 Å². The van der Waals surface area contributed by atoms with Crippen molar-refractivity contribution < 1.29 is 13.9 Å². The lowest BCUT2D eigenvalue weighted by molar-refractivity contribution is 0.102. The second-order valence-corrected chi connectivity index (χ2v) is 7.80. The average molecular weight is 485 g/mol. The van der Waals surface area contributed by atoms with Crippen LogP contribution in [0.2, 0.25) is 5.02 Å². The van der Waals surface area contributed by atoms with Crippen LogP contribution in [0.1, 0.15) is 10.4 Å². The number of anilines is 1. The van der Waals surface area contributed by atoms with Crippen LogP contribution in [-0.2, 0) is 0 Å². The molecule has 0 aliphatic heterocycles. The Balaban J connectivity index is 1.76. The lowest BCUT2D eigenvalue weighted by atomic mass is 10.0. The molecule has 0 radical (unpaired) electrons. The minimum Gasteiger partial charge on any atom is -0.495 e. The summed E-state index contributed by atoms with van der Waals surface area (Å²) in [6.45, 7) is 0. The molecule has 150 valence electrons. The van der Waals surface area contributed by atoms with E-state index in [-0.39, 0.29) is 0 Å². The van der Waals surface area contributed by atoms with Gasteiger partial charge in [0.25, 0.3) is 5.91 Å². The normalized spacial score (nSPS) is 10.8. The number of ether oxygens (including phenoxy) is 1. The summed E-state index contributed by atoms with van der Waals surface area (Å²) in [6.07, 6.45) is 0. The fourth-order valence-corrected chi connectivity index (χ4v) is 3.66. The van der Waals surface area contributed by atoms with Crippen molar-refractivity contribution in [1.29, 1.82) is 0 Å². The molecule has 30 heavy (non-hydrogen) atoms. The lowest BCUT2D eigenvalue weighted by Crippen LogP contribution is -2.13. The molecule has 0 bridgehead atoms. The first-order valence-electron chi connectivity index (χ1n) is 8.94. The SMILES string of the molecule is COc1ccc(-c2cc3ccccc3oc2=O)cc1NC(=O)c1cc(Br)ccc1Cl. The van der Waals surface area contributed by atoms with E-state index in [1.807, 2.05) is 12.1 Å². The van der Waals surface area contributed by atoms with Gasteiger partial charge >= 0.3 is 5.63 Å². The third-order valence-electron chi connectivity index (χ3n) is 4.57. The highest BCUT2D eigenvalue weighted by atomic mass is 79.9. The molecule has 4 aromatic rings. The third-order valence-corrected chi connectivity index (χ3v) is 5.40. The van der Waals surface area contributed by atoms with Crippen molar-refractivity contribution in [3.8, 4) is 16.9 Å². The molecule has 0 spiro atoms. The van der Waals surface area contributed by atoms with Gasteiger partial charge in [-0.05, 0) is 48.0 Å². The minimum atomic E-state index is -0.467. The van der Waals surface area contributed by atoms with Crippen LogP contribution in [0.4, 0.5) is 5.69 Å². The summed E-state index contributed by atoms with van der Waals surface area (Å²) in [6, 6.07) is 19.1. The number of carbonyl (C=O) groups is 1. The fraction of sp³-hybridized carbons (Fsp3) is 0.0435. The second-order valence-electron chi connectivity index (χ2n) is 6.48. The Hall–Kier alpha value is -3.09. The molecule has 0 unspecified atom stereocenters. The Morgan fingerprint density at radius 3 is 2.67 bits per heavy atom. The van der Waals surface area contributed by atoms with Gasteiger partial charge in [0.05, 0.1) is 28.9 Å². The number of nitrogens with one attached hydrogen (secondary N) is 1. The first kappa shape index (κ1) is 20.2. The standard InChI is InChI=1S/C23H15BrClNO4/c1-29-21-9-6-13(16-10-14-4-2-3-5-20(14)30-23(16)28)11-19(21)26-22(27)17-12-15(24)7-8-18(17)25/h2-12H,1H3,(H,26,27). The summed E-state index contributed by atoms with van der Waals surface area (Å²) in [4.78, 5) is 25.3. The quantitative estimate of drug-likeness (QED) is 0.353. The average Bonchev–Trinajstić information content (AvgIpc) is 2.74. The van der Waals surface area contributed by atoms with Gasteiger partial charge in [-0.1, -0.05) is 51.8 Å². The number of rotatable bonds is 4. The summed E-state index contributed by atoms with van der Waals surface area (Å²) in [5.74, 6) is 0.0469. The molecule has 1 N–H and O–H groups in total. The van der Waals surface area contributed by atoms with E-state index in [9.17, 15) is 9.59 Å². The molecule has 7 heteroatoms. The van der Waals surface area contributed by atoms with Crippen molar-refractivity contribution in [3.05, 3.63) is 92.2 Å². The monoisotopic (exact) mass is 483 g/mol. The smallest absolute Gasteiger partial charge is 0.344 e. The van der Waals surface area contributed by atoms with Crippen molar-refractivity contribution in [1.82, 2.24) is 0 Å². The van der Waals surface area contributed by atoms with Gasteiger partial charge in [0.15, 0.2) is 0 Å². The van der Waals surface area contributed by atoms with Crippen LogP contribution in [0.5, 0.6) is 5.75 Å². The van der Waals surface area contributed by atoms with E-state index < -0.39 is 11.5 Å². The highest BCUT2D eigenvalue weighted by Crippen LogP contribution is 2.32. The van der Waals surface area contributed by atoms with Gasteiger partial charge in [-0.2, -0.15) is 0 Å². The first-order chi connectivity index (χ1) is 14.5. The third kappa shape index (κ3) is 3.97. The van der Waals surface area contributed by atoms with Crippen LogP contribution in [0.15, 0.2) is 80.4 Å². The van der Waals surface area contributed by atoms with Crippen LogP contribution in [0.25, 0.3) is 22.1 Å². The molecular weight excluding hydrogens is 470 g/mol.